The highest BCUT2D eigenvalue weighted by Gasteiger charge is 2.19. The van der Waals surface area contributed by atoms with E-state index in [0.29, 0.717) is 13.0 Å². The van der Waals surface area contributed by atoms with Crippen LogP contribution < -0.4 is 11.1 Å². The molecule has 0 aliphatic rings. The third-order valence-electron chi connectivity index (χ3n) is 2.02. The number of nitrogens with two attached hydrogens (primary N) is 1. The van der Waals surface area contributed by atoms with E-state index in [-0.39, 0.29) is 11.5 Å². The van der Waals surface area contributed by atoms with E-state index < -0.39 is 6.04 Å². The Labute approximate surface area is 79.8 Å². The van der Waals surface area contributed by atoms with Gasteiger partial charge in [0.05, 0.1) is 11.6 Å². The van der Waals surface area contributed by atoms with E-state index in [2.05, 4.69) is 5.32 Å². The molecule has 0 heterocycles. The predicted octanol–water partition coefficient (Wildman–Crippen LogP) is 0.265. The van der Waals surface area contributed by atoms with Crippen molar-refractivity contribution in [3.63, 3.8) is 0 Å². The molecule has 0 radical (unpaired) electrons. The van der Waals surface area contributed by atoms with Crippen LogP contribution in [0.5, 0.6) is 0 Å². The lowest BCUT2D eigenvalue weighted by atomic mass is 10.1. The number of hydrogen-bond donors (Lipinski definition) is 2. The standard InChI is InChI=1S/C9H20N2O2/c1-5-7(10)8(12)11-6-9(2,3)13-4/h7H,5-6,10H2,1-4H3,(H,11,12)/t7-/m0/s1. The van der Waals surface area contributed by atoms with Crippen LogP contribution in [0.2, 0.25) is 0 Å². The van der Waals surface area contributed by atoms with Crippen LogP contribution in [0, 0.1) is 0 Å². The molecule has 0 spiro atoms. The fraction of sp³-hybridized carbons (Fsp3) is 0.889. The second-order valence-electron chi connectivity index (χ2n) is 3.70. The normalized spacial score (nSPS) is 13.9. The molecule has 0 fully saturated rings. The summed E-state index contributed by atoms with van der Waals surface area (Å²) in [5.74, 6) is -0.118. The number of hydrogen-bond acceptors (Lipinski definition) is 3. The lowest BCUT2D eigenvalue weighted by Crippen LogP contribution is -2.46. The van der Waals surface area contributed by atoms with Crippen LogP contribution in [-0.4, -0.2) is 31.2 Å². The van der Waals surface area contributed by atoms with E-state index in [4.69, 9.17) is 10.5 Å². The van der Waals surface area contributed by atoms with Crippen LogP contribution >= 0.6 is 0 Å². The van der Waals surface area contributed by atoms with Crippen LogP contribution in [-0.2, 0) is 9.53 Å². The SMILES string of the molecule is CC[C@H](N)C(=O)NCC(C)(C)OC. The quantitative estimate of drug-likeness (QED) is 0.650. The van der Waals surface area contributed by atoms with Gasteiger partial charge in [0.2, 0.25) is 5.91 Å². The molecule has 1 amide bonds. The Morgan fingerprint density at radius 2 is 2.15 bits per heavy atom. The summed E-state index contributed by atoms with van der Waals surface area (Å²) >= 11 is 0. The molecule has 0 aromatic heterocycles. The molecule has 0 saturated heterocycles. The monoisotopic (exact) mass is 188 g/mol. The van der Waals surface area contributed by atoms with Crippen molar-refractivity contribution < 1.29 is 9.53 Å². The Morgan fingerprint density at radius 1 is 1.62 bits per heavy atom. The van der Waals surface area contributed by atoms with Gasteiger partial charge in [0.25, 0.3) is 0 Å². The molecule has 4 nitrogen and oxygen atoms in total. The summed E-state index contributed by atoms with van der Waals surface area (Å²) < 4.78 is 5.15. The van der Waals surface area contributed by atoms with E-state index in [1.807, 2.05) is 20.8 Å². The number of carbonyl (C=O) groups excluding carboxylic acids is 1. The minimum atomic E-state index is -0.410. The van der Waals surface area contributed by atoms with Crippen LogP contribution in [0.15, 0.2) is 0 Å². The third kappa shape index (κ3) is 4.85. The first kappa shape index (κ1) is 12.4. The van der Waals surface area contributed by atoms with E-state index in [1.165, 1.54) is 0 Å². The second kappa shape index (κ2) is 5.19. The summed E-state index contributed by atoms with van der Waals surface area (Å²) in [4.78, 5) is 11.2. The van der Waals surface area contributed by atoms with Gasteiger partial charge in [-0.15, -0.1) is 0 Å². The second-order valence-corrected chi connectivity index (χ2v) is 3.70. The van der Waals surface area contributed by atoms with Crippen LogP contribution in [0.3, 0.4) is 0 Å². The number of amides is 1. The van der Waals surface area contributed by atoms with Crippen LogP contribution in [0.1, 0.15) is 27.2 Å². The number of rotatable bonds is 5. The van der Waals surface area contributed by atoms with Gasteiger partial charge in [-0.3, -0.25) is 4.79 Å². The first-order chi connectivity index (χ1) is 5.93. The highest BCUT2D eigenvalue weighted by molar-refractivity contribution is 5.81. The Hall–Kier alpha value is -0.610. The molecule has 0 bridgehead atoms. The van der Waals surface area contributed by atoms with E-state index >= 15 is 0 Å². The largest absolute Gasteiger partial charge is 0.377 e. The maximum Gasteiger partial charge on any atom is 0.237 e. The van der Waals surface area contributed by atoms with Crippen molar-refractivity contribution in [2.24, 2.45) is 5.73 Å². The molecule has 0 rings (SSSR count). The zero-order valence-electron chi connectivity index (χ0n) is 8.89. The predicted molar refractivity (Wildman–Crippen MR) is 52.4 cm³/mol. The molecule has 78 valence electrons. The number of carbonyl (C=O) groups is 1. The summed E-state index contributed by atoms with van der Waals surface area (Å²) in [6, 6.07) is -0.410. The van der Waals surface area contributed by atoms with Crippen molar-refractivity contribution in [1.29, 1.82) is 0 Å². The first-order valence-corrected chi connectivity index (χ1v) is 4.51. The van der Waals surface area contributed by atoms with Crippen molar-refractivity contribution in [3.05, 3.63) is 0 Å². The fourth-order valence-electron chi connectivity index (χ4n) is 0.689. The maximum absolute atomic E-state index is 11.2. The number of ether oxygens (including phenoxy) is 1. The van der Waals surface area contributed by atoms with Gasteiger partial charge in [-0.25, -0.2) is 0 Å². The molecular formula is C9H20N2O2. The average molecular weight is 188 g/mol. The van der Waals surface area contributed by atoms with Gasteiger partial charge in [-0.05, 0) is 20.3 Å². The molecule has 0 aromatic rings. The van der Waals surface area contributed by atoms with Crippen LogP contribution in [0.4, 0.5) is 0 Å². The van der Waals surface area contributed by atoms with Crippen molar-refractivity contribution in [2.75, 3.05) is 13.7 Å². The smallest absolute Gasteiger partial charge is 0.237 e. The van der Waals surface area contributed by atoms with E-state index in [9.17, 15) is 4.79 Å². The molecule has 0 aliphatic heterocycles. The fourth-order valence-corrected chi connectivity index (χ4v) is 0.689. The summed E-state index contributed by atoms with van der Waals surface area (Å²) in [6.45, 7) is 6.18. The van der Waals surface area contributed by atoms with Gasteiger partial charge in [0.1, 0.15) is 0 Å². The lowest BCUT2D eigenvalue weighted by molar-refractivity contribution is -0.123. The Balaban J connectivity index is 3.83. The molecule has 0 unspecified atom stereocenters. The minimum absolute atomic E-state index is 0.118. The molecule has 0 aromatic carbocycles. The molecule has 3 N–H and O–H groups in total. The topological polar surface area (TPSA) is 64.4 Å². The number of methoxy groups -OCH3 is 1. The van der Waals surface area contributed by atoms with Crippen molar-refractivity contribution in [2.45, 2.75) is 38.8 Å². The summed E-state index contributed by atoms with van der Waals surface area (Å²) in [5.41, 5.74) is 5.20. The lowest BCUT2D eigenvalue weighted by Gasteiger charge is -2.23. The van der Waals surface area contributed by atoms with Gasteiger partial charge in [0.15, 0.2) is 0 Å². The summed E-state index contributed by atoms with van der Waals surface area (Å²) in [5, 5.41) is 2.74. The molecule has 0 aliphatic carbocycles. The molecule has 13 heavy (non-hydrogen) atoms. The van der Waals surface area contributed by atoms with Gasteiger partial charge in [-0.1, -0.05) is 6.92 Å². The third-order valence-corrected chi connectivity index (χ3v) is 2.02. The molecule has 4 heteroatoms. The highest BCUT2D eigenvalue weighted by Crippen LogP contribution is 2.04. The van der Waals surface area contributed by atoms with Crippen LogP contribution in [0.25, 0.3) is 0 Å². The maximum atomic E-state index is 11.2. The Bertz CT molecular complexity index is 169. The highest BCUT2D eigenvalue weighted by atomic mass is 16.5. The molecule has 0 saturated carbocycles. The zero-order chi connectivity index (χ0) is 10.5. The van der Waals surface area contributed by atoms with E-state index in [0.717, 1.165) is 0 Å². The Kier molecular flexibility index (Phi) is 4.95. The summed E-state index contributed by atoms with van der Waals surface area (Å²) in [7, 11) is 1.62. The van der Waals surface area contributed by atoms with E-state index in [1.54, 1.807) is 7.11 Å². The van der Waals surface area contributed by atoms with Gasteiger partial charge < -0.3 is 15.8 Å². The van der Waals surface area contributed by atoms with Gasteiger partial charge >= 0.3 is 0 Å². The van der Waals surface area contributed by atoms with Crippen molar-refractivity contribution >= 4 is 5.91 Å². The molecular weight excluding hydrogens is 168 g/mol. The average Bonchev–Trinajstić information content (AvgIpc) is 2.13. The van der Waals surface area contributed by atoms with Crippen molar-refractivity contribution in [1.82, 2.24) is 5.32 Å². The Morgan fingerprint density at radius 3 is 2.54 bits per heavy atom. The zero-order valence-corrected chi connectivity index (χ0v) is 8.89. The van der Waals surface area contributed by atoms with Gasteiger partial charge in [0, 0.05) is 13.7 Å². The summed E-state index contributed by atoms with van der Waals surface area (Å²) in [6.07, 6.45) is 0.652. The minimum Gasteiger partial charge on any atom is -0.377 e. The molecule has 1 atom stereocenters. The first-order valence-electron chi connectivity index (χ1n) is 4.51. The number of nitrogens with one attached hydrogen (secondary N) is 1. The van der Waals surface area contributed by atoms with Crippen molar-refractivity contribution in [3.8, 4) is 0 Å². The van der Waals surface area contributed by atoms with Gasteiger partial charge in [-0.2, -0.15) is 0 Å².